The van der Waals surface area contributed by atoms with Crippen LogP contribution in [0.1, 0.15) is 18.1 Å². The minimum Gasteiger partial charge on any atom is -0.356 e. The summed E-state index contributed by atoms with van der Waals surface area (Å²) < 4.78 is 0. The number of nitrogens with zero attached hydrogens (tertiary/aromatic N) is 1. The average molecular weight is 188 g/mol. The summed E-state index contributed by atoms with van der Waals surface area (Å²) in [7, 11) is 0. The summed E-state index contributed by atoms with van der Waals surface area (Å²) in [6, 6.07) is 9.56. The van der Waals surface area contributed by atoms with Crippen LogP contribution in [-0.2, 0) is 11.2 Å². The number of hydrogen-bond acceptors (Lipinski definition) is 2. The van der Waals surface area contributed by atoms with Gasteiger partial charge in [-0.3, -0.25) is 4.79 Å². The second-order valence-corrected chi connectivity index (χ2v) is 3.20. The first-order chi connectivity index (χ1) is 6.76. The average Bonchev–Trinajstić information content (AvgIpc) is 2.19. The Kier molecular flexibility index (Phi) is 3.69. The summed E-state index contributed by atoms with van der Waals surface area (Å²) in [6.45, 7) is 1.94. The van der Waals surface area contributed by atoms with Crippen LogP contribution in [0, 0.1) is 11.3 Å². The second kappa shape index (κ2) is 5.03. The van der Waals surface area contributed by atoms with Crippen LogP contribution >= 0.6 is 0 Å². The van der Waals surface area contributed by atoms with Crippen LogP contribution in [0.25, 0.3) is 0 Å². The minimum atomic E-state index is 0.125. The number of nitrogens with one attached hydrogen (secondary N) is 1. The Labute approximate surface area is 83.4 Å². The van der Waals surface area contributed by atoms with Crippen molar-refractivity contribution in [2.75, 3.05) is 0 Å². The number of rotatable bonds is 4. The molecule has 0 aliphatic heterocycles. The Morgan fingerprint density at radius 3 is 2.64 bits per heavy atom. The van der Waals surface area contributed by atoms with Crippen molar-refractivity contribution in [3.05, 3.63) is 35.4 Å². The van der Waals surface area contributed by atoms with Gasteiger partial charge < -0.3 is 5.32 Å². The van der Waals surface area contributed by atoms with Gasteiger partial charge in [-0.1, -0.05) is 12.1 Å². The fourth-order valence-electron chi connectivity index (χ4n) is 1.24. The molecule has 0 aliphatic rings. The first-order valence-electron chi connectivity index (χ1n) is 4.45. The number of carbonyl (C=O) groups is 1. The maximum Gasteiger partial charge on any atom is 0.207 e. The lowest BCUT2D eigenvalue weighted by Gasteiger charge is -2.09. The van der Waals surface area contributed by atoms with Crippen molar-refractivity contribution in [1.29, 1.82) is 5.26 Å². The summed E-state index contributed by atoms with van der Waals surface area (Å²) >= 11 is 0. The van der Waals surface area contributed by atoms with E-state index in [4.69, 9.17) is 5.26 Å². The summed E-state index contributed by atoms with van der Waals surface area (Å²) in [5, 5.41) is 11.3. The number of benzene rings is 1. The molecular formula is C11H12N2O. The van der Waals surface area contributed by atoms with Gasteiger partial charge in [0.05, 0.1) is 11.6 Å². The van der Waals surface area contributed by atoms with Crippen LogP contribution in [0.2, 0.25) is 0 Å². The first-order valence-corrected chi connectivity index (χ1v) is 4.45. The molecule has 1 rings (SSSR count). The molecule has 0 saturated carbocycles. The lowest BCUT2D eigenvalue weighted by molar-refractivity contribution is -0.110. The van der Waals surface area contributed by atoms with Gasteiger partial charge in [0.25, 0.3) is 0 Å². The third-order valence-corrected chi connectivity index (χ3v) is 1.98. The zero-order chi connectivity index (χ0) is 10.4. The summed E-state index contributed by atoms with van der Waals surface area (Å²) in [5.41, 5.74) is 1.77. The smallest absolute Gasteiger partial charge is 0.207 e. The van der Waals surface area contributed by atoms with Crippen molar-refractivity contribution >= 4 is 6.41 Å². The molecule has 0 aliphatic carbocycles. The molecule has 0 fully saturated rings. The van der Waals surface area contributed by atoms with E-state index in [2.05, 4.69) is 11.4 Å². The molecule has 72 valence electrons. The van der Waals surface area contributed by atoms with E-state index in [9.17, 15) is 4.79 Å². The highest BCUT2D eigenvalue weighted by Crippen LogP contribution is 2.05. The van der Waals surface area contributed by atoms with Crippen molar-refractivity contribution in [1.82, 2.24) is 5.32 Å². The zero-order valence-electron chi connectivity index (χ0n) is 8.03. The van der Waals surface area contributed by atoms with E-state index in [0.29, 0.717) is 12.0 Å². The number of nitriles is 1. The molecule has 0 radical (unpaired) electrons. The molecule has 0 spiro atoms. The standard InChI is InChI=1S/C11H12N2O/c1-9(13-8-14)6-10-2-4-11(7-12)5-3-10/h2-5,8-9H,6H2,1H3,(H,13,14). The van der Waals surface area contributed by atoms with Crippen LogP contribution in [0.3, 0.4) is 0 Å². The summed E-state index contributed by atoms with van der Waals surface area (Å²) in [5.74, 6) is 0. The fourth-order valence-corrected chi connectivity index (χ4v) is 1.24. The highest BCUT2D eigenvalue weighted by molar-refractivity contribution is 5.46. The molecule has 1 unspecified atom stereocenters. The second-order valence-electron chi connectivity index (χ2n) is 3.20. The third kappa shape index (κ3) is 2.91. The number of amides is 1. The monoisotopic (exact) mass is 188 g/mol. The molecule has 3 heteroatoms. The number of hydrogen-bond donors (Lipinski definition) is 1. The van der Waals surface area contributed by atoms with E-state index in [1.165, 1.54) is 0 Å². The van der Waals surface area contributed by atoms with Gasteiger partial charge in [0.2, 0.25) is 6.41 Å². The predicted molar refractivity (Wildman–Crippen MR) is 53.5 cm³/mol. The van der Waals surface area contributed by atoms with Crippen LogP contribution in [-0.4, -0.2) is 12.5 Å². The zero-order valence-corrected chi connectivity index (χ0v) is 8.03. The van der Waals surface area contributed by atoms with Gasteiger partial charge in [-0.25, -0.2) is 0 Å². The van der Waals surface area contributed by atoms with Crippen LogP contribution in [0.4, 0.5) is 0 Å². The molecule has 3 nitrogen and oxygen atoms in total. The molecular weight excluding hydrogens is 176 g/mol. The maximum atomic E-state index is 10.2. The molecule has 1 atom stereocenters. The van der Waals surface area contributed by atoms with Crippen LogP contribution in [0.5, 0.6) is 0 Å². The molecule has 0 aromatic heterocycles. The number of carbonyl (C=O) groups excluding carboxylic acids is 1. The minimum absolute atomic E-state index is 0.125. The van der Waals surface area contributed by atoms with Crippen molar-refractivity contribution in [3.8, 4) is 6.07 Å². The Bertz CT molecular complexity index is 337. The Balaban J connectivity index is 2.60. The Morgan fingerprint density at radius 2 is 2.14 bits per heavy atom. The van der Waals surface area contributed by atoms with Gasteiger partial charge in [-0.2, -0.15) is 5.26 Å². The highest BCUT2D eigenvalue weighted by atomic mass is 16.1. The largest absolute Gasteiger partial charge is 0.356 e. The molecule has 14 heavy (non-hydrogen) atoms. The Hall–Kier alpha value is -1.82. The van der Waals surface area contributed by atoms with Gasteiger partial charge in [-0.05, 0) is 31.0 Å². The topological polar surface area (TPSA) is 52.9 Å². The van der Waals surface area contributed by atoms with Gasteiger partial charge in [0, 0.05) is 6.04 Å². The summed E-state index contributed by atoms with van der Waals surface area (Å²) in [4.78, 5) is 10.2. The van der Waals surface area contributed by atoms with E-state index >= 15 is 0 Å². The van der Waals surface area contributed by atoms with Gasteiger partial charge >= 0.3 is 0 Å². The van der Waals surface area contributed by atoms with E-state index in [-0.39, 0.29) is 6.04 Å². The molecule has 0 heterocycles. The van der Waals surface area contributed by atoms with Crippen molar-refractivity contribution in [2.45, 2.75) is 19.4 Å². The van der Waals surface area contributed by atoms with E-state index < -0.39 is 0 Å². The van der Waals surface area contributed by atoms with E-state index in [0.717, 1.165) is 12.0 Å². The van der Waals surface area contributed by atoms with Crippen molar-refractivity contribution in [2.24, 2.45) is 0 Å². The molecule has 1 amide bonds. The van der Waals surface area contributed by atoms with Crippen molar-refractivity contribution in [3.63, 3.8) is 0 Å². The van der Waals surface area contributed by atoms with Gasteiger partial charge in [0.15, 0.2) is 0 Å². The maximum absolute atomic E-state index is 10.2. The molecule has 1 aromatic carbocycles. The fraction of sp³-hybridized carbons (Fsp3) is 0.273. The normalized spacial score (nSPS) is 11.4. The summed E-state index contributed by atoms with van der Waals surface area (Å²) in [6.07, 6.45) is 1.48. The quantitative estimate of drug-likeness (QED) is 0.722. The van der Waals surface area contributed by atoms with Gasteiger partial charge in [0.1, 0.15) is 0 Å². The highest BCUT2D eigenvalue weighted by Gasteiger charge is 2.01. The van der Waals surface area contributed by atoms with Crippen LogP contribution in [0.15, 0.2) is 24.3 Å². The molecule has 0 bridgehead atoms. The Morgan fingerprint density at radius 1 is 1.50 bits per heavy atom. The van der Waals surface area contributed by atoms with Crippen LogP contribution < -0.4 is 5.32 Å². The predicted octanol–water partition coefficient (Wildman–Crippen LogP) is 1.24. The third-order valence-electron chi connectivity index (χ3n) is 1.98. The lowest BCUT2D eigenvalue weighted by atomic mass is 10.1. The van der Waals surface area contributed by atoms with Crippen molar-refractivity contribution < 1.29 is 4.79 Å². The first kappa shape index (κ1) is 10.3. The van der Waals surface area contributed by atoms with E-state index in [1.54, 1.807) is 12.1 Å². The molecule has 1 aromatic rings. The van der Waals surface area contributed by atoms with E-state index in [1.807, 2.05) is 19.1 Å². The SMILES string of the molecule is CC(Cc1ccc(C#N)cc1)NC=O. The van der Waals surface area contributed by atoms with Gasteiger partial charge in [-0.15, -0.1) is 0 Å². The lowest BCUT2D eigenvalue weighted by Crippen LogP contribution is -2.26. The molecule has 1 N–H and O–H groups in total. The molecule has 0 saturated heterocycles.